The lowest BCUT2D eigenvalue weighted by molar-refractivity contribution is 1.40. The molecule has 0 N–H and O–H groups in total. The number of rotatable bonds is 3. The molecule has 24 heavy (non-hydrogen) atoms. The van der Waals surface area contributed by atoms with Gasteiger partial charge in [0.2, 0.25) is 0 Å². The van der Waals surface area contributed by atoms with Crippen LogP contribution in [0.1, 0.15) is 0 Å². The summed E-state index contributed by atoms with van der Waals surface area (Å²) in [6.07, 6.45) is 0. The van der Waals surface area contributed by atoms with Crippen molar-refractivity contribution in [3.8, 4) is 33.0 Å². The van der Waals surface area contributed by atoms with Crippen LogP contribution in [0.25, 0.3) is 33.0 Å². The van der Waals surface area contributed by atoms with Crippen molar-refractivity contribution in [3.05, 3.63) is 89.3 Å². The summed E-state index contributed by atoms with van der Waals surface area (Å²) in [5.74, 6) is 0. The standard InChI is InChI=1S/C21H14ClNS/c22-19-9-5-4-8-18(19)21-23-20(14-24-21)17-12-10-16(11-13-17)15-6-2-1-3-7-15/h1-14H. The minimum absolute atomic E-state index is 0.734. The molecule has 3 heteroatoms. The van der Waals surface area contributed by atoms with Crippen LogP contribution in [-0.4, -0.2) is 4.98 Å². The first kappa shape index (κ1) is 15.1. The van der Waals surface area contributed by atoms with Gasteiger partial charge >= 0.3 is 0 Å². The average Bonchev–Trinajstić information content (AvgIpc) is 3.13. The molecule has 1 aromatic heterocycles. The zero-order chi connectivity index (χ0) is 16.4. The second-order valence-electron chi connectivity index (χ2n) is 5.46. The molecule has 0 aliphatic heterocycles. The predicted octanol–water partition coefficient (Wildman–Crippen LogP) is 6.80. The van der Waals surface area contributed by atoms with Gasteiger partial charge in [-0.1, -0.05) is 84.4 Å². The highest BCUT2D eigenvalue weighted by Gasteiger charge is 2.09. The maximum Gasteiger partial charge on any atom is 0.125 e. The molecular weight excluding hydrogens is 334 g/mol. The van der Waals surface area contributed by atoms with E-state index in [-0.39, 0.29) is 0 Å². The molecule has 1 nitrogen and oxygen atoms in total. The van der Waals surface area contributed by atoms with Crippen LogP contribution in [0, 0.1) is 0 Å². The first-order valence-electron chi connectivity index (χ1n) is 7.67. The second kappa shape index (κ2) is 6.60. The number of halogens is 1. The Morgan fingerprint density at radius 1 is 0.667 bits per heavy atom. The van der Waals surface area contributed by atoms with E-state index >= 15 is 0 Å². The van der Waals surface area contributed by atoms with Crippen LogP contribution in [0.3, 0.4) is 0 Å². The lowest BCUT2D eigenvalue weighted by atomic mass is 10.0. The summed E-state index contributed by atoms with van der Waals surface area (Å²) in [5, 5.41) is 3.76. The Kier molecular flexibility index (Phi) is 4.16. The zero-order valence-corrected chi connectivity index (χ0v) is 14.4. The Morgan fingerprint density at radius 2 is 1.29 bits per heavy atom. The molecule has 0 saturated carbocycles. The van der Waals surface area contributed by atoms with E-state index in [1.165, 1.54) is 11.1 Å². The molecule has 116 valence electrons. The van der Waals surface area contributed by atoms with Crippen molar-refractivity contribution in [2.75, 3.05) is 0 Å². The highest BCUT2D eigenvalue weighted by molar-refractivity contribution is 7.13. The van der Waals surface area contributed by atoms with Gasteiger partial charge in [0.1, 0.15) is 5.01 Å². The largest absolute Gasteiger partial charge is 0.236 e. The van der Waals surface area contributed by atoms with E-state index in [4.69, 9.17) is 16.6 Å². The fourth-order valence-corrected chi connectivity index (χ4v) is 3.78. The van der Waals surface area contributed by atoms with Gasteiger partial charge in [-0.3, -0.25) is 0 Å². The van der Waals surface area contributed by atoms with Gasteiger partial charge in [0.25, 0.3) is 0 Å². The third kappa shape index (κ3) is 2.99. The number of thiazole rings is 1. The van der Waals surface area contributed by atoms with Gasteiger partial charge in [0.15, 0.2) is 0 Å². The third-order valence-electron chi connectivity index (χ3n) is 3.90. The summed E-state index contributed by atoms with van der Waals surface area (Å²) >= 11 is 7.89. The maximum absolute atomic E-state index is 6.27. The van der Waals surface area contributed by atoms with Gasteiger partial charge in [-0.15, -0.1) is 11.3 Å². The minimum atomic E-state index is 0.734. The number of hydrogen-bond donors (Lipinski definition) is 0. The van der Waals surface area contributed by atoms with Crippen molar-refractivity contribution >= 4 is 22.9 Å². The average molecular weight is 348 g/mol. The quantitative estimate of drug-likeness (QED) is 0.397. The summed E-state index contributed by atoms with van der Waals surface area (Å²) in [4.78, 5) is 4.75. The second-order valence-corrected chi connectivity index (χ2v) is 6.73. The predicted molar refractivity (Wildman–Crippen MR) is 103 cm³/mol. The van der Waals surface area contributed by atoms with E-state index in [0.717, 1.165) is 26.9 Å². The number of aromatic nitrogens is 1. The summed E-state index contributed by atoms with van der Waals surface area (Å²) in [7, 11) is 0. The van der Waals surface area contributed by atoms with E-state index in [2.05, 4.69) is 53.9 Å². The lowest BCUT2D eigenvalue weighted by Gasteiger charge is -2.03. The summed E-state index contributed by atoms with van der Waals surface area (Å²) in [6.45, 7) is 0. The fraction of sp³-hybridized carbons (Fsp3) is 0. The molecule has 4 aromatic rings. The van der Waals surface area contributed by atoms with E-state index in [9.17, 15) is 0 Å². The van der Waals surface area contributed by atoms with Gasteiger partial charge in [0.05, 0.1) is 10.7 Å². The van der Waals surface area contributed by atoms with E-state index in [1.54, 1.807) is 11.3 Å². The van der Waals surface area contributed by atoms with Crippen LogP contribution in [-0.2, 0) is 0 Å². The Hall–Kier alpha value is -2.42. The van der Waals surface area contributed by atoms with Gasteiger partial charge in [0, 0.05) is 16.5 Å². The molecule has 0 unspecified atom stereocenters. The molecule has 0 atom stereocenters. The van der Waals surface area contributed by atoms with Crippen LogP contribution in [0.15, 0.2) is 84.2 Å². The molecule has 1 heterocycles. The zero-order valence-electron chi connectivity index (χ0n) is 12.8. The Labute approximate surface area is 150 Å². The van der Waals surface area contributed by atoms with Crippen molar-refractivity contribution in [2.45, 2.75) is 0 Å². The van der Waals surface area contributed by atoms with Crippen LogP contribution in [0.5, 0.6) is 0 Å². The van der Waals surface area contributed by atoms with E-state index < -0.39 is 0 Å². The molecule has 0 aliphatic carbocycles. The highest BCUT2D eigenvalue weighted by atomic mass is 35.5. The Morgan fingerprint density at radius 3 is 2.04 bits per heavy atom. The maximum atomic E-state index is 6.27. The topological polar surface area (TPSA) is 12.9 Å². The highest BCUT2D eigenvalue weighted by Crippen LogP contribution is 2.33. The van der Waals surface area contributed by atoms with Gasteiger partial charge in [-0.2, -0.15) is 0 Å². The van der Waals surface area contributed by atoms with Crippen LogP contribution >= 0.6 is 22.9 Å². The summed E-state index contributed by atoms with van der Waals surface area (Å²) in [5.41, 5.74) is 5.51. The number of hydrogen-bond acceptors (Lipinski definition) is 2. The van der Waals surface area contributed by atoms with Crippen LogP contribution in [0.4, 0.5) is 0 Å². The van der Waals surface area contributed by atoms with Crippen molar-refractivity contribution < 1.29 is 0 Å². The first-order valence-corrected chi connectivity index (χ1v) is 8.93. The summed E-state index contributed by atoms with van der Waals surface area (Å²) in [6, 6.07) is 26.7. The van der Waals surface area contributed by atoms with Crippen LogP contribution in [0.2, 0.25) is 5.02 Å². The molecule has 0 fully saturated rings. The monoisotopic (exact) mass is 347 g/mol. The normalized spacial score (nSPS) is 10.7. The fourth-order valence-electron chi connectivity index (χ4n) is 2.63. The van der Waals surface area contributed by atoms with Gasteiger partial charge in [-0.25, -0.2) is 4.98 Å². The van der Waals surface area contributed by atoms with Crippen molar-refractivity contribution in [1.82, 2.24) is 4.98 Å². The van der Waals surface area contributed by atoms with Crippen LogP contribution < -0.4 is 0 Å². The van der Waals surface area contributed by atoms with Crippen molar-refractivity contribution in [3.63, 3.8) is 0 Å². The Balaban J connectivity index is 1.65. The minimum Gasteiger partial charge on any atom is -0.236 e. The molecule has 0 saturated heterocycles. The molecule has 0 bridgehead atoms. The number of benzene rings is 3. The van der Waals surface area contributed by atoms with Gasteiger partial charge < -0.3 is 0 Å². The molecular formula is C21H14ClNS. The van der Waals surface area contributed by atoms with Gasteiger partial charge in [-0.05, 0) is 17.2 Å². The Bertz CT molecular complexity index is 959. The third-order valence-corrected chi connectivity index (χ3v) is 5.10. The molecule has 4 rings (SSSR count). The lowest BCUT2D eigenvalue weighted by Crippen LogP contribution is -1.82. The van der Waals surface area contributed by atoms with Crippen molar-refractivity contribution in [1.29, 1.82) is 0 Å². The summed E-state index contributed by atoms with van der Waals surface area (Å²) < 4.78 is 0. The number of nitrogens with zero attached hydrogens (tertiary/aromatic N) is 1. The molecule has 0 radical (unpaired) electrons. The smallest absolute Gasteiger partial charge is 0.125 e. The van der Waals surface area contributed by atoms with E-state index in [1.807, 2.05) is 30.3 Å². The van der Waals surface area contributed by atoms with E-state index in [0.29, 0.717) is 0 Å². The molecule has 0 spiro atoms. The first-order chi connectivity index (χ1) is 11.8. The molecule has 3 aromatic carbocycles. The SMILES string of the molecule is Clc1ccccc1-c1nc(-c2ccc(-c3ccccc3)cc2)cs1. The van der Waals surface area contributed by atoms with Crippen molar-refractivity contribution in [2.24, 2.45) is 0 Å². The molecule has 0 aliphatic rings. The molecule has 0 amide bonds.